The van der Waals surface area contributed by atoms with Gasteiger partial charge in [0.1, 0.15) is 17.8 Å². The number of rotatable bonds is 10. The first-order valence-corrected chi connectivity index (χ1v) is 13.0. The molecule has 5 rings (SSSR count). The second kappa shape index (κ2) is 12.5. The van der Waals surface area contributed by atoms with Gasteiger partial charge in [-0.2, -0.15) is 0 Å². The summed E-state index contributed by atoms with van der Waals surface area (Å²) in [7, 11) is 1.60. The van der Waals surface area contributed by atoms with Crippen molar-refractivity contribution in [1.82, 2.24) is 0 Å². The topological polar surface area (TPSA) is 57.2 Å². The molecule has 0 aromatic heterocycles. The Labute approximate surface area is 224 Å². The molecule has 5 heteroatoms. The minimum Gasteiger partial charge on any atom is -0.390 e. The Morgan fingerprint density at radius 1 is 0.737 bits per heavy atom. The van der Waals surface area contributed by atoms with E-state index < -0.39 is 30.2 Å². The maximum atomic E-state index is 11.1. The van der Waals surface area contributed by atoms with Gasteiger partial charge in [-0.05, 0) is 22.3 Å². The van der Waals surface area contributed by atoms with Crippen molar-refractivity contribution in [3.05, 3.63) is 144 Å². The Bertz CT molecular complexity index is 1140. The zero-order valence-corrected chi connectivity index (χ0v) is 21.6. The van der Waals surface area contributed by atoms with Crippen molar-refractivity contribution >= 4 is 0 Å². The lowest BCUT2D eigenvalue weighted by molar-refractivity contribution is -0.278. The largest absolute Gasteiger partial charge is 0.390 e. The number of hydrogen-bond acceptors (Lipinski definition) is 5. The molecule has 1 heterocycles. The molecule has 1 aliphatic heterocycles. The summed E-state index contributed by atoms with van der Waals surface area (Å²) in [5.74, 6) is 0. The zero-order valence-electron chi connectivity index (χ0n) is 21.6. The highest BCUT2D eigenvalue weighted by atomic mass is 16.7. The predicted octanol–water partition coefficient (Wildman–Crippen LogP) is 5.70. The van der Waals surface area contributed by atoms with E-state index in [2.05, 4.69) is 36.4 Å². The van der Waals surface area contributed by atoms with E-state index in [4.69, 9.17) is 18.9 Å². The molecule has 1 fully saturated rings. The molecular weight excluding hydrogens is 476 g/mol. The minimum absolute atomic E-state index is 0.158. The third-order valence-electron chi connectivity index (χ3n) is 7.06. The van der Waals surface area contributed by atoms with Crippen LogP contribution in [0.4, 0.5) is 0 Å². The molecular formula is C33H34O5. The van der Waals surface area contributed by atoms with E-state index in [1.54, 1.807) is 7.11 Å². The summed E-state index contributed by atoms with van der Waals surface area (Å²) in [6.45, 7) is 0.576. The van der Waals surface area contributed by atoms with E-state index in [9.17, 15) is 5.11 Å². The van der Waals surface area contributed by atoms with Crippen LogP contribution in [0.15, 0.2) is 121 Å². The van der Waals surface area contributed by atoms with Crippen molar-refractivity contribution in [2.75, 3.05) is 13.7 Å². The van der Waals surface area contributed by atoms with Crippen molar-refractivity contribution in [1.29, 1.82) is 0 Å². The molecule has 0 spiro atoms. The van der Waals surface area contributed by atoms with E-state index in [0.717, 1.165) is 22.3 Å². The van der Waals surface area contributed by atoms with Crippen LogP contribution in [0, 0.1) is 0 Å². The molecule has 4 atom stereocenters. The standard InChI is InChI=1S/C33H34O5/c1-35-32-30(36-23-25-14-6-2-7-15-25)22-29(34)31(38-32)24-37-33(26-16-8-3-9-17-26,27-18-10-4-11-19-27)28-20-12-5-13-21-28/h2-21,29-32,34H,22-24H2,1H3/t29-,30+,31+,32-/m0/s1. The quantitative estimate of drug-likeness (QED) is 0.277. The van der Waals surface area contributed by atoms with Crippen molar-refractivity contribution in [2.45, 2.75) is 43.2 Å². The summed E-state index contributed by atoms with van der Waals surface area (Å²) in [6.07, 6.45) is -1.99. The first kappa shape index (κ1) is 26.3. The van der Waals surface area contributed by atoms with Crippen molar-refractivity contribution in [3.8, 4) is 0 Å². The molecule has 0 bridgehead atoms. The van der Waals surface area contributed by atoms with Crippen LogP contribution in [0.25, 0.3) is 0 Å². The van der Waals surface area contributed by atoms with Crippen LogP contribution in [0.5, 0.6) is 0 Å². The lowest BCUT2D eigenvalue weighted by Crippen LogP contribution is -2.51. The molecule has 0 radical (unpaired) electrons. The van der Waals surface area contributed by atoms with Crippen LogP contribution >= 0.6 is 0 Å². The lowest BCUT2D eigenvalue weighted by atomic mass is 9.80. The maximum absolute atomic E-state index is 11.1. The third-order valence-corrected chi connectivity index (χ3v) is 7.06. The first-order valence-electron chi connectivity index (χ1n) is 13.0. The van der Waals surface area contributed by atoms with E-state index in [-0.39, 0.29) is 6.61 Å². The molecule has 1 N–H and O–H groups in total. The van der Waals surface area contributed by atoms with Crippen LogP contribution in [-0.2, 0) is 31.2 Å². The number of ether oxygens (including phenoxy) is 4. The van der Waals surface area contributed by atoms with Gasteiger partial charge in [-0.3, -0.25) is 0 Å². The Balaban J connectivity index is 1.39. The summed E-state index contributed by atoms with van der Waals surface area (Å²) in [5.41, 5.74) is 3.15. The molecule has 0 unspecified atom stereocenters. The molecule has 0 amide bonds. The van der Waals surface area contributed by atoms with Gasteiger partial charge in [-0.15, -0.1) is 0 Å². The number of benzene rings is 4. The van der Waals surface area contributed by atoms with Crippen LogP contribution in [-0.4, -0.2) is 43.4 Å². The van der Waals surface area contributed by atoms with Crippen molar-refractivity contribution in [2.24, 2.45) is 0 Å². The van der Waals surface area contributed by atoms with Gasteiger partial charge in [-0.1, -0.05) is 121 Å². The van der Waals surface area contributed by atoms with E-state index in [1.165, 1.54) is 0 Å². The van der Waals surface area contributed by atoms with Crippen molar-refractivity contribution in [3.63, 3.8) is 0 Å². The summed E-state index contributed by atoms with van der Waals surface area (Å²) < 4.78 is 24.8. The Morgan fingerprint density at radius 3 is 1.68 bits per heavy atom. The number of aliphatic hydroxyl groups excluding tert-OH is 1. The lowest BCUT2D eigenvalue weighted by Gasteiger charge is -2.41. The molecule has 1 saturated heterocycles. The average Bonchev–Trinajstić information content (AvgIpc) is 2.99. The molecule has 196 valence electrons. The van der Waals surface area contributed by atoms with Gasteiger partial charge >= 0.3 is 0 Å². The van der Waals surface area contributed by atoms with Gasteiger partial charge in [0, 0.05) is 13.5 Å². The maximum Gasteiger partial charge on any atom is 0.184 e. The Hall–Kier alpha value is -3.32. The second-order valence-corrected chi connectivity index (χ2v) is 9.51. The molecule has 0 saturated carbocycles. The predicted molar refractivity (Wildman–Crippen MR) is 146 cm³/mol. The normalized spacial score (nSPS) is 21.7. The molecule has 1 aliphatic rings. The van der Waals surface area contributed by atoms with Gasteiger partial charge < -0.3 is 24.1 Å². The fraction of sp³-hybridized carbons (Fsp3) is 0.273. The monoisotopic (exact) mass is 510 g/mol. The van der Waals surface area contributed by atoms with Crippen LogP contribution in [0.3, 0.4) is 0 Å². The Kier molecular flexibility index (Phi) is 8.64. The second-order valence-electron chi connectivity index (χ2n) is 9.51. The highest BCUT2D eigenvalue weighted by Crippen LogP contribution is 2.41. The molecule has 0 aliphatic carbocycles. The zero-order chi connectivity index (χ0) is 26.2. The van der Waals surface area contributed by atoms with Gasteiger partial charge in [0.2, 0.25) is 0 Å². The van der Waals surface area contributed by atoms with Gasteiger partial charge in [0.15, 0.2) is 6.29 Å². The summed E-state index contributed by atoms with van der Waals surface area (Å²) >= 11 is 0. The van der Waals surface area contributed by atoms with E-state index >= 15 is 0 Å². The molecule has 4 aromatic carbocycles. The highest BCUT2D eigenvalue weighted by molar-refractivity contribution is 5.47. The summed E-state index contributed by atoms with van der Waals surface area (Å²) in [5, 5.41) is 11.1. The summed E-state index contributed by atoms with van der Waals surface area (Å²) in [6, 6.07) is 40.5. The molecule has 4 aromatic rings. The number of hydrogen-bond donors (Lipinski definition) is 1. The number of aliphatic hydroxyl groups is 1. The SMILES string of the molecule is CO[C@H]1O[C@H](COC(c2ccccc2)(c2ccccc2)c2ccccc2)[C@@H](O)C[C@H]1OCc1ccccc1. The number of methoxy groups -OCH3 is 1. The van der Waals surface area contributed by atoms with Gasteiger partial charge in [0.05, 0.1) is 19.3 Å². The highest BCUT2D eigenvalue weighted by Gasteiger charge is 2.42. The average molecular weight is 511 g/mol. The molecule has 5 nitrogen and oxygen atoms in total. The fourth-order valence-corrected chi connectivity index (χ4v) is 5.11. The van der Waals surface area contributed by atoms with E-state index in [1.807, 2.05) is 84.9 Å². The van der Waals surface area contributed by atoms with Crippen LogP contribution in [0.1, 0.15) is 28.7 Å². The molecule has 38 heavy (non-hydrogen) atoms. The van der Waals surface area contributed by atoms with Crippen LogP contribution in [0.2, 0.25) is 0 Å². The fourth-order valence-electron chi connectivity index (χ4n) is 5.11. The Morgan fingerprint density at radius 2 is 1.21 bits per heavy atom. The van der Waals surface area contributed by atoms with E-state index in [0.29, 0.717) is 13.0 Å². The third kappa shape index (κ3) is 5.73. The van der Waals surface area contributed by atoms with Crippen molar-refractivity contribution < 1.29 is 24.1 Å². The van der Waals surface area contributed by atoms with Crippen LogP contribution < -0.4 is 0 Å². The minimum atomic E-state index is -0.893. The smallest absolute Gasteiger partial charge is 0.184 e. The van der Waals surface area contributed by atoms with Gasteiger partial charge in [-0.25, -0.2) is 0 Å². The first-order chi connectivity index (χ1) is 18.7. The van der Waals surface area contributed by atoms with Gasteiger partial charge in [0.25, 0.3) is 0 Å². The summed E-state index contributed by atoms with van der Waals surface area (Å²) in [4.78, 5) is 0.